The van der Waals surface area contributed by atoms with Crippen molar-refractivity contribution in [3.63, 3.8) is 0 Å². The number of thiazole rings is 1. The van der Waals surface area contributed by atoms with Gasteiger partial charge in [0.2, 0.25) is 0 Å². The normalized spacial score (nSPS) is 20.4. The van der Waals surface area contributed by atoms with Gasteiger partial charge in [0.25, 0.3) is 0 Å². The summed E-state index contributed by atoms with van der Waals surface area (Å²) in [5.41, 5.74) is 0. The van der Waals surface area contributed by atoms with E-state index >= 15 is 0 Å². The van der Waals surface area contributed by atoms with Crippen molar-refractivity contribution in [2.24, 2.45) is 0 Å². The van der Waals surface area contributed by atoms with E-state index in [1.54, 1.807) is 6.20 Å². The monoisotopic (exact) mass is 299 g/mol. The van der Waals surface area contributed by atoms with Gasteiger partial charge in [-0.15, -0.1) is 11.3 Å². The number of carbonyl (C=O) groups excluding carboxylic acids is 1. The van der Waals surface area contributed by atoms with E-state index in [-0.39, 0.29) is 25.1 Å². The van der Waals surface area contributed by atoms with Crippen LogP contribution in [0.25, 0.3) is 0 Å². The molecule has 2 N–H and O–H groups in total. The van der Waals surface area contributed by atoms with Gasteiger partial charge in [-0.3, -0.25) is 4.79 Å². The first-order valence-corrected chi connectivity index (χ1v) is 7.22. The number of hydrogen-bond acceptors (Lipinski definition) is 5. The number of hydrogen-bond donors (Lipinski definition) is 2. The van der Waals surface area contributed by atoms with Crippen LogP contribution in [-0.2, 0) is 9.53 Å². The minimum atomic E-state index is -0.939. The van der Waals surface area contributed by atoms with Crippen molar-refractivity contribution in [1.82, 2.24) is 15.2 Å². The summed E-state index contributed by atoms with van der Waals surface area (Å²) >= 11 is 1.47. The zero-order chi connectivity index (χ0) is 14.5. The highest BCUT2D eigenvalue weighted by Gasteiger charge is 2.30. The van der Waals surface area contributed by atoms with E-state index in [4.69, 9.17) is 9.84 Å². The van der Waals surface area contributed by atoms with E-state index in [2.05, 4.69) is 10.3 Å². The molecule has 110 valence electrons. The quantitative estimate of drug-likeness (QED) is 0.868. The Kier molecular flexibility index (Phi) is 4.91. The average molecular weight is 299 g/mol. The smallest absolute Gasteiger partial charge is 0.318 e. The molecular weight excluding hydrogens is 282 g/mol. The van der Waals surface area contributed by atoms with E-state index in [0.717, 1.165) is 5.01 Å². The topological polar surface area (TPSA) is 91.8 Å². The Balaban J connectivity index is 1.97. The second-order valence-corrected chi connectivity index (χ2v) is 5.49. The van der Waals surface area contributed by atoms with Crippen molar-refractivity contribution in [3.05, 3.63) is 16.6 Å². The number of carbonyl (C=O) groups is 2. The van der Waals surface area contributed by atoms with Gasteiger partial charge in [0.15, 0.2) is 0 Å². The molecule has 2 amide bonds. The number of rotatable bonds is 4. The Morgan fingerprint density at radius 2 is 2.50 bits per heavy atom. The molecule has 1 aromatic heterocycles. The maximum Gasteiger partial charge on any atom is 0.318 e. The van der Waals surface area contributed by atoms with Crippen molar-refractivity contribution in [2.75, 3.05) is 19.8 Å². The van der Waals surface area contributed by atoms with Crippen molar-refractivity contribution >= 4 is 23.3 Å². The number of nitrogens with zero attached hydrogens (tertiary/aromatic N) is 2. The molecule has 1 aromatic rings. The molecule has 2 atom stereocenters. The lowest BCUT2D eigenvalue weighted by Gasteiger charge is -2.35. The fraction of sp³-hybridized carbons (Fsp3) is 0.583. The molecule has 1 fully saturated rings. The summed E-state index contributed by atoms with van der Waals surface area (Å²) in [6.45, 7) is 2.93. The molecule has 8 heteroatoms. The Bertz CT molecular complexity index is 465. The molecule has 0 aliphatic carbocycles. The summed E-state index contributed by atoms with van der Waals surface area (Å²) in [6, 6.07) is -0.900. The fourth-order valence-corrected chi connectivity index (χ4v) is 2.72. The molecule has 7 nitrogen and oxygen atoms in total. The number of ether oxygens (including phenoxy) is 1. The Morgan fingerprint density at radius 1 is 1.70 bits per heavy atom. The van der Waals surface area contributed by atoms with Gasteiger partial charge in [-0.1, -0.05) is 0 Å². The van der Waals surface area contributed by atoms with Gasteiger partial charge >= 0.3 is 12.0 Å². The third kappa shape index (κ3) is 3.67. The number of carboxylic acid groups (broad SMARTS) is 1. The molecule has 1 aliphatic heterocycles. The van der Waals surface area contributed by atoms with Gasteiger partial charge in [0.1, 0.15) is 5.01 Å². The van der Waals surface area contributed by atoms with E-state index in [1.807, 2.05) is 12.3 Å². The van der Waals surface area contributed by atoms with Crippen LogP contribution in [0.15, 0.2) is 11.6 Å². The van der Waals surface area contributed by atoms with E-state index in [9.17, 15) is 9.59 Å². The van der Waals surface area contributed by atoms with Crippen LogP contribution in [0.2, 0.25) is 0 Å². The molecule has 0 radical (unpaired) electrons. The molecule has 0 bridgehead atoms. The maximum atomic E-state index is 12.2. The minimum absolute atomic E-state index is 0.112. The number of nitrogens with one attached hydrogen (secondary N) is 1. The Labute approximate surface area is 120 Å². The van der Waals surface area contributed by atoms with E-state index in [1.165, 1.54) is 16.2 Å². The summed E-state index contributed by atoms with van der Waals surface area (Å²) < 4.78 is 5.25. The van der Waals surface area contributed by atoms with Crippen LogP contribution in [-0.4, -0.2) is 52.8 Å². The lowest BCUT2D eigenvalue weighted by atomic mass is 10.1. The van der Waals surface area contributed by atoms with Gasteiger partial charge in [0.05, 0.1) is 31.7 Å². The first-order valence-electron chi connectivity index (χ1n) is 6.34. The second-order valence-electron chi connectivity index (χ2n) is 4.56. The number of urea groups is 1. The second kappa shape index (κ2) is 6.67. The standard InChI is InChI=1S/C12H17N3O4S/c1-8(11-13-2-5-20-11)14-12(18)15-3-4-19-7-9(15)6-10(16)17/h2,5,8-9H,3-4,6-7H2,1H3,(H,14,18)(H,16,17). The Morgan fingerprint density at radius 3 is 3.15 bits per heavy atom. The number of morpholine rings is 1. The van der Waals surface area contributed by atoms with Crippen LogP contribution in [0.1, 0.15) is 24.4 Å². The maximum absolute atomic E-state index is 12.2. The van der Waals surface area contributed by atoms with Crippen LogP contribution in [0, 0.1) is 0 Å². The zero-order valence-electron chi connectivity index (χ0n) is 11.1. The number of aliphatic carboxylic acids is 1. The molecule has 20 heavy (non-hydrogen) atoms. The summed E-state index contributed by atoms with van der Waals surface area (Å²) in [5.74, 6) is -0.939. The van der Waals surface area contributed by atoms with Gasteiger partial charge in [-0.25, -0.2) is 9.78 Å². The zero-order valence-corrected chi connectivity index (χ0v) is 11.9. The molecular formula is C12H17N3O4S. The van der Waals surface area contributed by atoms with E-state index in [0.29, 0.717) is 13.2 Å². The average Bonchev–Trinajstić information content (AvgIpc) is 2.92. The molecule has 2 unspecified atom stereocenters. The predicted molar refractivity (Wildman–Crippen MR) is 72.6 cm³/mol. The van der Waals surface area contributed by atoms with Crippen molar-refractivity contribution < 1.29 is 19.4 Å². The number of carboxylic acids is 1. The number of amides is 2. The van der Waals surface area contributed by atoms with Crippen molar-refractivity contribution in [1.29, 1.82) is 0 Å². The fourth-order valence-electron chi connectivity index (χ4n) is 2.07. The molecule has 1 saturated heterocycles. The summed E-state index contributed by atoms with van der Waals surface area (Å²) in [5, 5.41) is 14.4. The highest BCUT2D eigenvalue weighted by atomic mass is 32.1. The van der Waals surface area contributed by atoms with Crippen LogP contribution >= 0.6 is 11.3 Å². The SMILES string of the molecule is CC(NC(=O)N1CCOCC1CC(=O)O)c1nccs1. The molecule has 0 saturated carbocycles. The van der Waals surface area contributed by atoms with Crippen LogP contribution < -0.4 is 5.32 Å². The van der Waals surface area contributed by atoms with Gasteiger partial charge in [-0.05, 0) is 6.92 Å². The highest BCUT2D eigenvalue weighted by molar-refractivity contribution is 7.09. The molecule has 2 heterocycles. The van der Waals surface area contributed by atoms with Crippen LogP contribution in [0.4, 0.5) is 4.79 Å². The third-order valence-corrected chi connectivity index (χ3v) is 4.02. The summed E-state index contributed by atoms with van der Waals surface area (Å²) in [7, 11) is 0. The molecule has 1 aliphatic rings. The highest BCUT2D eigenvalue weighted by Crippen LogP contribution is 2.17. The van der Waals surface area contributed by atoms with E-state index < -0.39 is 12.0 Å². The van der Waals surface area contributed by atoms with Crippen molar-refractivity contribution in [2.45, 2.75) is 25.4 Å². The van der Waals surface area contributed by atoms with Gasteiger partial charge < -0.3 is 20.1 Å². The minimum Gasteiger partial charge on any atom is -0.481 e. The lowest BCUT2D eigenvalue weighted by molar-refractivity contribution is -0.139. The number of aromatic nitrogens is 1. The van der Waals surface area contributed by atoms with Crippen LogP contribution in [0.5, 0.6) is 0 Å². The predicted octanol–water partition coefficient (Wildman–Crippen LogP) is 1.09. The van der Waals surface area contributed by atoms with Crippen LogP contribution in [0.3, 0.4) is 0 Å². The van der Waals surface area contributed by atoms with Gasteiger partial charge in [-0.2, -0.15) is 0 Å². The molecule has 0 spiro atoms. The lowest BCUT2D eigenvalue weighted by Crippen LogP contribution is -2.53. The largest absolute Gasteiger partial charge is 0.481 e. The van der Waals surface area contributed by atoms with Gasteiger partial charge in [0, 0.05) is 18.1 Å². The summed E-state index contributed by atoms with van der Waals surface area (Å²) in [6.07, 6.45) is 1.57. The molecule has 0 aromatic carbocycles. The first-order chi connectivity index (χ1) is 9.58. The van der Waals surface area contributed by atoms with Crippen molar-refractivity contribution in [3.8, 4) is 0 Å². The molecule has 2 rings (SSSR count). The third-order valence-electron chi connectivity index (χ3n) is 3.06. The first kappa shape index (κ1) is 14.7. The summed E-state index contributed by atoms with van der Waals surface area (Å²) in [4.78, 5) is 28.7. The Hall–Kier alpha value is -1.67.